The molecule has 1 N–H and O–H groups in total. The van der Waals surface area contributed by atoms with Gasteiger partial charge in [0.25, 0.3) is 0 Å². The molecule has 1 unspecified atom stereocenters. The Bertz CT molecular complexity index is 767. The van der Waals surface area contributed by atoms with E-state index in [-0.39, 0.29) is 5.91 Å². The van der Waals surface area contributed by atoms with E-state index < -0.39 is 10.0 Å². The first kappa shape index (κ1) is 22.2. The monoisotopic (exact) mass is 421 g/mol. The summed E-state index contributed by atoms with van der Waals surface area (Å²) in [4.78, 5) is 14.9. The number of nitrogens with zero attached hydrogens (tertiary/aromatic N) is 2. The van der Waals surface area contributed by atoms with Gasteiger partial charge in [0, 0.05) is 38.1 Å². The molecule has 6 nitrogen and oxygen atoms in total. The quantitative estimate of drug-likeness (QED) is 0.666. The summed E-state index contributed by atoms with van der Waals surface area (Å²) in [5, 5.41) is 3.02. The van der Waals surface area contributed by atoms with Crippen LogP contribution < -0.4 is 5.32 Å². The molecule has 1 amide bonds. The molecule has 162 valence electrons. The highest BCUT2D eigenvalue weighted by Gasteiger charge is 2.29. The molecule has 0 aromatic heterocycles. The number of likely N-dealkylation sites (N-methyl/N-ethyl adjacent to an activating group) is 1. The molecule has 1 saturated heterocycles. The topological polar surface area (TPSA) is 69.7 Å². The second-order valence-corrected chi connectivity index (χ2v) is 10.4. The first-order valence-electron chi connectivity index (χ1n) is 11.0. The van der Waals surface area contributed by atoms with Gasteiger partial charge in [-0.1, -0.05) is 25.0 Å². The molecule has 0 spiro atoms. The van der Waals surface area contributed by atoms with Crippen LogP contribution in [0.15, 0.2) is 29.2 Å². The molecule has 1 aliphatic carbocycles. The maximum absolute atomic E-state index is 12.8. The van der Waals surface area contributed by atoms with Crippen molar-refractivity contribution in [3.8, 4) is 0 Å². The van der Waals surface area contributed by atoms with E-state index in [9.17, 15) is 13.2 Å². The molecule has 1 aromatic rings. The minimum atomic E-state index is -3.41. The number of rotatable bonds is 9. The van der Waals surface area contributed by atoms with Crippen molar-refractivity contribution in [1.29, 1.82) is 0 Å². The zero-order valence-corrected chi connectivity index (χ0v) is 18.6. The van der Waals surface area contributed by atoms with Gasteiger partial charge in [-0.05, 0) is 63.8 Å². The molecule has 2 fully saturated rings. The summed E-state index contributed by atoms with van der Waals surface area (Å²) in [6.45, 7) is 4.03. The summed E-state index contributed by atoms with van der Waals surface area (Å²) in [5.74, 6) is 0.0438. The number of benzene rings is 1. The van der Waals surface area contributed by atoms with E-state index in [1.54, 1.807) is 16.4 Å². The lowest BCUT2D eigenvalue weighted by Gasteiger charge is -2.24. The zero-order chi connectivity index (χ0) is 20.9. The van der Waals surface area contributed by atoms with Gasteiger partial charge in [0.1, 0.15) is 0 Å². The highest BCUT2D eigenvalue weighted by atomic mass is 32.2. The second-order valence-electron chi connectivity index (χ2n) is 8.51. The fourth-order valence-electron chi connectivity index (χ4n) is 3.85. The van der Waals surface area contributed by atoms with Crippen molar-refractivity contribution in [2.24, 2.45) is 0 Å². The van der Waals surface area contributed by atoms with Gasteiger partial charge in [-0.3, -0.25) is 9.69 Å². The van der Waals surface area contributed by atoms with Crippen molar-refractivity contribution >= 4 is 15.9 Å². The van der Waals surface area contributed by atoms with Crippen molar-refractivity contribution in [2.75, 3.05) is 26.7 Å². The Balaban J connectivity index is 1.46. The molecular weight excluding hydrogens is 386 g/mol. The van der Waals surface area contributed by atoms with E-state index in [0.717, 1.165) is 31.2 Å². The lowest BCUT2D eigenvalue weighted by atomic mass is 10.1. The van der Waals surface area contributed by atoms with Gasteiger partial charge >= 0.3 is 0 Å². The van der Waals surface area contributed by atoms with E-state index in [2.05, 4.69) is 24.2 Å². The third-order valence-corrected chi connectivity index (χ3v) is 8.09. The molecule has 29 heavy (non-hydrogen) atoms. The van der Waals surface area contributed by atoms with Crippen molar-refractivity contribution in [1.82, 2.24) is 14.5 Å². The van der Waals surface area contributed by atoms with Gasteiger partial charge in [-0.15, -0.1) is 0 Å². The molecule has 0 radical (unpaired) electrons. The molecule has 1 atom stereocenters. The smallest absolute Gasteiger partial charge is 0.243 e. The average Bonchev–Trinajstić information content (AvgIpc) is 3.57. The van der Waals surface area contributed by atoms with Crippen LogP contribution in [0.5, 0.6) is 0 Å². The second kappa shape index (κ2) is 10.0. The summed E-state index contributed by atoms with van der Waals surface area (Å²) in [6, 6.07) is 8.06. The van der Waals surface area contributed by atoms with Crippen LogP contribution in [0.4, 0.5) is 0 Å². The fourth-order valence-corrected chi connectivity index (χ4v) is 5.37. The molecule has 7 heteroatoms. The van der Waals surface area contributed by atoms with Crippen LogP contribution in [-0.2, 0) is 21.2 Å². The van der Waals surface area contributed by atoms with Gasteiger partial charge in [0.05, 0.1) is 4.90 Å². The minimum Gasteiger partial charge on any atom is -0.355 e. The fraction of sp³-hybridized carbons (Fsp3) is 0.682. The molecule has 2 aliphatic rings. The van der Waals surface area contributed by atoms with Crippen LogP contribution in [0.25, 0.3) is 0 Å². The first-order chi connectivity index (χ1) is 13.9. The third-order valence-electron chi connectivity index (χ3n) is 6.18. The van der Waals surface area contributed by atoms with Gasteiger partial charge in [-0.2, -0.15) is 4.31 Å². The lowest BCUT2D eigenvalue weighted by molar-refractivity contribution is -0.121. The van der Waals surface area contributed by atoms with Crippen molar-refractivity contribution in [2.45, 2.75) is 75.3 Å². The normalized spacial score (nSPS) is 19.7. The largest absolute Gasteiger partial charge is 0.355 e. The highest BCUT2D eigenvalue weighted by molar-refractivity contribution is 7.89. The standard InChI is InChI=1S/C22H35N3O3S/c1-18(24(2)20-10-11-20)17-23-22(26)14-9-19-7-12-21(13-8-19)29(27,28)25-15-5-3-4-6-16-25/h7-8,12-13,18,20H,3-6,9-11,14-17H2,1-2H3,(H,23,26). The Hall–Kier alpha value is -1.44. The molecule has 0 bridgehead atoms. The molecule has 1 heterocycles. The Morgan fingerprint density at radius 3 is 2.34 bits per heavy atom. The van der Waals surface area contributed by atoms with Crippen LogP contribution in [0.3, 0.4) is 0 Å². The number of nitrogens with one attached hydrogen (secondary N) is 1. The van der Waals surface area contributed by atoms with Crippen molar-refractivity contribution in [3.05, 3.63) is 29.8 Å². The van der Waals surface area contributed by atoms with E-state index in [0.29, 0.717) is 49.5 Å². The zero-order valence-electron chi connectivity index (χ0n) is 17.8. The molecule has 1 saturated carbocycles. The number of aryl methyl sites for hydroxylation is 1. The Morgan fingerprint density at radius 1 is 1.14 bits per heavy atom. The molecular formula is C22H35N3O3S. The molecule has 3 rings (SSSR count). The number of carbonyl (C=O) groups is 1. The number of sulfonamides is 1. The summed E-state index contributed by atoms with van der Waals surface area (Å²) < 4.78 is 27.3. The van der Waals surface area contributed by atoms with Crippen molar-refractivity contribution < 1.29 is 13.2 Å². The van der Waals surface area contributed by atoms with Crippen LogP contribution in [0.1, 0.15) is 57.4 Å². The van der Waals surface area contributed by atoms with Crippen LogP contribution >= 0.6 is 0 Å². The van der Waals surface area contributed by atoms with Gasteiger partial charge in [0.2, 0.25) is 15.9 Å². The summed E-state index contributed by atoms with van der Waals surface area (Å²) >= 11 is 0. The molecule has 1 aromatic carbocycles. The SMILES string of the molecule is CC(CNC(=O)CCc1ccc(S(=O)(=O)N2CCCCCC2)cc1)N(C)C1CC1. The Morgan fingerprint density at radius 2 is 1.76 bits per heavy atom. The summed E-state index contributed by atoms with van der Waals surface area (Å²) in [7, 11) is -1.29. The van der Waals surface area contributed by atoms with Crippen LogP contribution in [-0.4, -0.2) is 62.3 Å². The lowest BCUT2D eigenvalue weighted by Crippen LogP contribution is -2.41. The first-order valence-corrected chi connectivity index (χ1v) is 12.4. The highest BCUT2D eigenvalue weighted by Crippen LogP contribution is 2.26. The molecule has 1 aliphatic heterocycles. The van der Waals surface area contributed by atoms with E-state index in [1.165, 1.54) is 12.8 Å². The maximum Gasteiger partial charge on any atom is 0.243 e. The van der Waals surface area contributed by atoms with E-state index >= 15 is 0 Å². The van der Waals surface area contributed by atoms with Crippen LogP contribution in [0.2, 0.25) is 0 Å². The van der Waals surface area contributed by atoms with Gasteiger partial charge in [-0.25, -0.2) is 8.42 Å². The van der Waals surface area contributed by atoms with Gasteiger partial charge < -0.3 is 5.32 Å². The predicted octanol–water partition coefficient (Wildman–Crippen LogP) is 2.78. The van der Waals surface area contributed by atoms with Gasteiger partial charge in [0.15, 0.2) is 0 Å². The number of amides is 1. The van der Waals surface area contributed by atoms with E-state index in [4.69, 9.17) is 0 Å². The number of hydrogen-bond donors (Lipinski definition) is 1. The summed E-state index contributed by atoms with van der Waals surface area (Å²) in [6.07, 6.45) is 7.62. The summed E-state index contributed by atoms with van der Waals surface area (Å²) in [5.41, 5.74) is 0.984. The Kier molecular flexibility index (Phi) is 7.71. The number of carbonyl (C=O) groups excluding carboxylic acids is 1. The van der Waals surface area contributed by atoms with Crippen molar-refractivity contribution in [3.63, 3.8) is 0 Å². The predicted molar refractivity (Wildman–Crippen MR) is 115 cm³/mol. The minimum absolute atomic E-state index is 0.0438. The average molecular weight is 422 g/mol. The maximum atomic E-state index is 12.8. The Labute approximate surface area is 175 Å². The van der Waals surface area contributed by atoms with Crippen LogP contribution in [0, 0.1) is 0 Å². The van der Waals surface area contributed by atoms with E-state index in [1.807, 2.05) is 12.1 Å². The number of hydrogen-bond acceptors (Lipinski definition) is 4. The third kappa shape index (κ3) is 6.27.